The highest BCUT2D eigenvalue weighted by atomic mass is 16.5. The number of nitrogens with one attached hydrogen (secondary N) is 1. The van der Waals surface area contributed by atoms with E-state index in [1.165, 1.54) is 17.5 Å². The van der Waals surface area contributed by atoms with Crippen LogP contribution in [0.15, 0.2) is 18.2 Å². The van der Waals surface area contributed by atoms with Crippen LogP contribution in [-0.4, -0.2) is 19.2 Å². The fraction of sp³-hybridized carbons (Fsp3) is 0.667. The van der Waals surface area contributed by atoms with Gasteiger partial charge in [-0.1, -0.05) is 39.8 Å². The van der Waals surface area contributed by atoms with E-state index in [1.807, 2.05) is 0 Å². The quantitative estimate of drug-likeness (QED) is 0.743. The first-order chi connectivity index (χ1) is 9.34. The number of ether oxygens (including phenoxy) is 1. The van der Waals surface area contributed by atoms with Gasteiger partial charge in [-0.25, -0.2) is 0 Å². The largest absolute Gasteiger partial charge is 0.493 e. The van der Waals surface area contributed by atoms with Crippen LogP contribution in [0.3, 0.4) is 0 Å². The zero-order valence-electron chi connectivity index (χ0n) is 14.0. The summed E-state index contributed by atoms with van der Waals surface area (Å²) >= 11 is 0. The molecule has 1 N–H and O–H groups in total. The van der Waals surface area contributed by atoms with Gasteiger partial charge in [0.05, 0.1) is 6.61 Å². The average Bonchev–Trinajstić information content (AvgIpc) is 2.38. The van der Waals surface area contributed by atoms with Crippen molar-refractivity contribution >= 4 is 0 Å². The predicted molar refractivity (Wildman–Crippen MR) is 87.7 cm³/mol. The molecule has 0 heterocycles. The third kappa shape index (κ3) is 5.54. The van der Waals surface area contributed by atoms with Crippen LogP contribution in [0.1, 0.15) is 58.6 Å². The van der Waals surface area contributed by atoms with Crippen LogP contribution in [0, 0.1) is 6.92 Å². The van der Waals surface area contributed by atoms with Crippen LogP contribution in [0.5, 0.6) is 5.75 Å². The van der Waals surface area contributed by atoms with E-state index in [-0.39, 0.29) is 5.41 Å². The molecule has 0 saturated carbocycles. The van der Waals surface area contributed by atoms with Gasteiger partial charge < -0.3 is 10.1 Å². The van der Waals surface area contributed by atoms with E-state index < -0.39 is 0 Å². The molecule has 0 aromatic heterocycles. The molecule has 1 aromatic rings. The zero-order valence-corrected chi connectivity index (χ0v) is 14.0. The summed E-state index contributed by atoms with van der Waals surface area (Å²) in [6.45, 7) is 15.1. The van der Waals surface area contributed by atoms with Crippen molar-refractivity contribution in [3.05, 3.63) is 29.3 Å². The monoisotopic (exact) mass is 277 g/mol. The average molecular weight is 277 g/mol. The first kappa shape index (κ1) is 17.0. The lowest BCUT2D eigenvalue weighted by molar-refractivity contribution is 0.303. The van der Waals surface area contributed by atoms with E-state index in [1.54, 1.807) is 0 Å². The number of rotatable bonds is 7. The molecule has 1 atom stereocenters. The number of benzene rings is 1. The van der Waals surface area contributed by atoms with Crippen LogP contribution in [0.4, 0.5) is 0 Å². The molecule has 0 radical (unpaired) electrons. The maximum atomic E-state index is 5.88. The Balaban J connectivity index is 2.42. The summed E-state index contributed by atoms with van der Waals surface area (Å²) in [6.07, 6.45) is 2.22. The zero-order chi connectivity index (χ0) is 15.2. The normalized spacial score (nSPS) is 13.3. The highest BCUT2D eigenvalue weighted by Crippen LogP contribution is 2.27. The Hall–Kier alpha value is -1.02. The van der Waals surface area contributed by atoms with E-state index in [2.05, 4.69) is 65.1 Å². The van der Waals surface area contributed by atoms with Gasteiger partial charge in [0.15, 0.2) is 0 Å². The van der Waals surface area contributed by atoms with Gasteiger partial charge in [0, 0.05) is 6.04 Å². The van der Waals surface area contributed by atoms with Crippen molar-refractivity contribution in [2.75, 3.05) is 13.2 Å². The minimum Gasteiger partial charge on any atom is -0.493 e. The molecule has 114 valence electrons. The number of hydrogen-bond donors (Lipinski definition) is 1. The molecule has 20 heavy (non-hydrogen) atoms. The Morgan fingerprint density at radius 3 is 2.50 bits per heavy atom. The predicted octanol–water partition coefficient (Wildman–Crippen LogP) is 4.45. The molecule has 2 heteroatoms. The molecule has 0 bridgehead atoms. The standard InChI is InChI=1S/C18H31NO/c1-7-15(3)19-11-8-12-20-17-10-9-16(13-14(17)2)18(4,5)6/h9-10,13,15,19H,7-8,11-12H2,1-6H3. The molecule has 0 amide bonds. The fourth-order valence-electron chi connectivity index (χ4n) is 2.02. The lowest BCUT2D eigenvalue weighted by atomic mass is 9.86. The van der Waals surface area contributed by atoms with Crippen LogP contribution in [0.25, 0.3) is 0 Å². The molecule has 1 unspecified atom stereocenters. The summed E-state index contributed by atoms with van der Waals surface area (Å²) in [4.78, 5) is 0. The minimum absolute atomic E-state index is 0.198. The summed E-state index contributed by atoms with van der Waals surface area (Å²) in [6, 6.07) is 7.13. The molecule has 0 aliphatic rings. The van der Waals surface area contributed by atoms with Crippen molar-refractivity contribution in [2.45, 2.75) is 65.8 Å². The molecule has 0 aliphatic heterocycles. The van der Waals surface area contributed by atoms with Gasteiger partial charge >= 0.3 is 0 Å². The van der Waals surface area contributed by atoms with Crippen molar-refractivity contribution in [2.24, 2.45) is 0 Å². The van der Waals surface area contributed by atoms with E-state index >= 15 is 0 Å². The van der Waals surface area contributed by atoms with Crippen LogP contribution in [0.2, 0.25) is 0 Å². The van der Waals surface area contributed by atoms with Crippen LogP contribution in [-0.2, 0) is 5.41 Å². The second kappa shape index (κ2) is 7.68. The Kier molecular flexibility index (Phi) is 6.54. The van der Waals surface area contributed by atoms with Crippen molar-refractivity contribution in [1.82, 2.24) is 5.32 Å². The molecule has 0 aliphatic carbocycles. The molecule has 2 nitrogen and oxygen atoms in total. The van der Waals surface area contributed by atoms with Gasteiger partial charge in [0.2, 0.25) is 0 Å². The lowest BCUT2D eigenvalue weighted by Gasteiger charge is -2.20. The van der Waals surface area contributed by atoms with Gasteiger partial charge in [-0.05, 0) is 55.8 Å². The Morgan fingerprint density at radius 2 is 1.95 bits per heavy atom. The second-order valence-corrected chi connectivity index (χ2v) is 6.70. The van der Waals surface area contributed by atoms with Crippen molar-refractivity contribution in [3.8, 4) is 5.75 Å². The molecule has 0 spiro atoms. The SMILES string of the molecule is CCC(C)NCCCOc1ccc(C(C)(C)C)cc1C. The first-order valence-electron chi connectivity index (χ1n) is 7.82. The molecule has 0 fully saturated rings. The maximum Gasteiger partial charge on any atom is 0.122 e. The first-order valence-corrected chi connectivity index (χ1v) is 7.82. The maximum absolute atomic E-state index is 5.88. The third-order valence-electron chi connectivity index (χ3n) is 3.72. The Morgan fingerprint density at radius 1 is 1.25 bits per heavy atom. The molecular weight excluding hydrogens is 246 g/mol. The third-order valence-corrected chi connectivity index (χ3v) is 3.72. The highest BCUT2D eigenvalue weighted by Gasteiger charge is 2.14. The Bertz CT molecular complexity index is 406. The molecular formula is C18H31NO. The summed E-state index contributed by atoms with van der Waals surface area (Å²) in [5, 5.41) is 3.48. The second-order valence-electron chi connectivity index (χ2n) is 6.70. The van der Waals surface area contributed by atoms with E-state index in [9.17, 15) is 0 Å². The minimum atomic E-state index is 0.198. The van der Waals surface area contributed by atoms with Gasteiger partial charge in [0.25, 0.3) is 0 Å². The van der Waals surface area contributed by atoms with Crippen molar-refractivity contribution in [3.63, 3.8) is 0 Å². The van der Waals surface area contributed by atoms with Crippen molar-refractivity contribution in [1.29, 1.82) is 0 Å². The van der Waals surface area contributed by atoms with E-state index in [4.69, 9.17) is 4.74 Å². The summed E-state index contributed by atoms with van der Waals surface area (Å²) in [7, 11) is 0. The highest BCUT2D eigenvalue weighted by molar-refractivity contribution is 5.38. The fourth-order valence-corrected chi connectivity index (χ4v) is 2.02. The number of hydrogen-bond acceptors (Lipinski definition) is 2. The Labute approximate surface area is 124 Å². The number of aryl methyl sites for hydroxylation is 1. The lowest BCUT2D eigenvalue weighted by Crippen LogP contribution is -2.27. The molecule has 1 aromatic carbocycles. The van der Waals surface area contributed by atoms with Gasteiger partial charge in [0.1, 0.15) is 5.75 Å². The van der Waals surface area contributed by atoms with Crippen LogP contribution >= 0.6 is 0 Å². The van der Waals surface area contributed by atoms with Gasteiger partial charge in [-0.15, -0.1) is 0 Å². The summed E-state index contributed by atoms with van der Waals surface area (Å²) < 4.78 is 5.88. The topological polar surface area (TPSA) is 21.3 Å². The molecule has 1 rings (SSSR count). The summed E-state index contributed by atoms with van der Waals surface area (Å²) in [5.41, 5.74) is 2.79. The van der Waals surface area contributed by atoms with Crippen molar-refractivity contribution < 1.29 is 4.74 Å². The van der Waals surface area contributed by atoms with Gasteiger partial charge in [-0.2, -0.15) is 0 Å². The van der Waals surface area contributed by atoms with Gasteiger partial charge in [-0.3, -0.25) is 0 Å². The smallest absolute Gasteiger partial charge is 0.122 e. The molecule has 0 saturated heterocycles. The van der Waals surface area contributed by atoms with E-state index in [0.717, 1.165) is 25.3 Å². The van der Waals surface area contributed by atoms with Crippen LogP contribution < -0.4 is 10.1 Å². The summed E-state index contributed by atoms with van der Waals surface area (Å²) in [5.74, 6) is 1.02. The van der Waals surface area contributed by atoms with E-state index in [0.29, 0.717) is 6.04 Å².